The molecule has 1 aromatic carbocycles. The molecule has 0 saturated carbocycles. The molecule has 5 heteroatoms. The predicted molar refractivity (Wildman–Crippen MR) is 73.7 cm³/mol. The first kappa shape index (κ1) is 12.9. The maximum Gasteiger partial charge on any atom is 0.271 e. The Kier molecular flexibility index (Phi) is 3.23. The van der Waals surface area contributed by atoms with Crippen molar-refractivity contribution in [3.63, 3.8) is 0 Å². The largest absolute Gasteiger partial charge is 0.271 e. The molecule has 0 fully saturated rings. The van der Waals surface area contributed by atoms with Crippen LogP contribution in [0.2, 0.25) is 0 Å². The molecule has 0 aliphatic rings. The topological polar surface area (TPSA) is 34.1 Å². The highest BCUT2D eigenvalue weighted by atomic mass is 35.7. The molecule has 0 bridgehead atoms. The molecule has 0 atom stereocenters. The van der Waals surface area contributed by atoms with Gasteiger partial charge < -0.3 is 0 Å². The van der Waals surface area contributed by atoms with E-state index in [2.05, 4.69) is 13.8 Å². The van der Waals surface area contributed by atoms with Crippen LogP contribution in [0.15, 0.2) is 22.4 Å². The van der Waals surface area contributed by atoms with E-state index in [0.717, 1.165) is 15.6 Å². The summed E-state index contributed by atoms with van der Waals surface area (Å²) in [6.45, 7) is 6.02. The third-order valence-corrected chi connectivity index (χ3v) is 6.23. The molecular weight excluding hydrogens is 276 g/mol. The molecule has 0 unspecified atom stereocenters. The molecule has 0 radical (unpaired) electrons. The maximum absolute atomic E-state index is 11.5. The Labute approximate surface area is 110 Å². The zero-order chi connectivity index (χ0) is 12.8. The molecule has 0 amide bonds. The van der Waals surface area contributed by atoms with E-state index in [-0.39, 0.29) is 4.21 Å². The van der Waals surface area contributed by atoms with Crippen LogP contribution in [-0.4, -0.2) is 8.42 Å². The molecule has 0 aliphatic heterocycles. The molecule has 1 heterocycles. The summed E-state index contributed by atoms with van der Waals surface area (Å²) in [4.78, 5) is 0. The number of fused-ring (bicyclic) bond motifs is 1. The molecule has 1 aromatic heterocycles. The summed E-state index contributed by atoms with van der Waals surface area (Å²) in [5, 5.41) is 1.03. The summed E-state index contributed by atoms with van der Waals surface area (Å²) >= 11 is 1.24. The Morgan fingerprint density at radius 3 is 2.47 bits per heavy atom. The van der Waals surface area contributed by atoms with Gasteiger partial charge in [-0.05, 0) is 30.0 Å². The molecule has 0 aliphatic carbocycles. The summed E-state index contributed by atoms with van der Waals surface area (Å²) in [6.07, 6.45) is 0. The summed E-state index contributed by atoms with van der Waals surface area (Å²) < 4.78 is 24.2. The van der Waals surface area contributed by atoms with Crippen LogP contribution >= 0.6 is 22.0 Å². The molecule has 0 spiro atoms. The van der Waals surface area contributed by atoms with Gasteiger partial charge in [0.25, 0.3) is 9.05 Å². The average molecular weight is 289 g/mol. The minimum Gasteiger partial charge on any atom is -0.206 e. The van der Waals surface area contributed by atoms with Gasteiger partial charge in [-0.1, -0.05) is 26.0 Å². The van der Waals surface area contributed by atoms with Crippen molar-refractivity contribution >= 4 is 41.2 Å². The lowest BCUT2D eigenvalue weighted by Crippen LogP contribution is -1.91. The van der Waals surface area contributed by atoms with E-state index in [1.54, 1.807) is 0 Å². The predicted octanol–water partition coefficient (Wildman–Crippen LogP) is 4.26. The molecule has 0 N–H and O–H groups in total. The summed E-state index contributed by atoms with van der Waals surface area (Å²) in [5.74, 6) is 0.359. The van der Waals surface area contributed by atoms with Crippen molar-refractivity contribution in [1.29, 1.82) is 0 Å². The van der Waals surface area contributed by atoms with E-state index in [4.69, 9.17) is 10.7 Å². The number of hydrogen-bond donors (Lipinski definition) is 0. The van der Waals surface area contributed by atoms with Crippen molar-refractivity contribution in [2.75, 3.05) is 0 Å². The van der Waals surface area contributed by atoms with Crippen molar-refractivity contribution in [2.24, 2.45) is 0 Å². The smallest absolute Gasteiger partial charge is 0.206 e. The fourth-order valence-electron chi connectivity index (χ4n) is 2.03. The van der Waals surface area contributed by atoms with E-state index < -0.39 is 9.05 Å². The number of thiophene rings is 1. The maximum atomic E-state index is 11.5. The van der Waals surface area contributed by atoms with Crippen molar-refractivity contribution in [2.45, 2.75) is 30.9 Å². The lowest BCUT2D eigenvalue weighted by Gasteiger charge is -2.07. The van der Waals surface area contributed by atoms with E-state index in [1.165, 1.54) is 16.9 Å². The highest BCUT2D eigenvalue weighted by Gasteiger charge is 2.21. The fraction of sp³-hybridized carbons (Fsp3) is 0.333. The molecule has 2 aromatic rings. The van der Waals surface area contributed by atoms with E-state index >= 15 is 0 Å². The van der Waals surface area contributed by atoms with Crippen molar-refractivity contribution in [3.05, 3.63) is 29.3 Å². The Bertz CT molecular complexity index is 669. The first-order valence-electron chi connectivity index (χ1n) is 5.29. The lowest BCUT2D eigenvalue weighted by molar-refractivity contribution is 0.611. The van der Waals surface area contributed by atoms with E-state index in [1.807, 2.05) is 25.1 Å². The second-order valence-electron chi connectivity index (χ2n) is 4.33. The first-order valence-corrected chi connectivity index (χ1v) is 8.41. The SMILES string of the molecule is Cc1c(S(=O)(=O)Cl)sc2cccc(C(C)C)c12. The van der Waals surface area contributed by atoms with Crippen molar-refractivity contribution in [1.82, 2.24) is 0 Å². The van der Waals surface area contributed by atoms with Gasteiger partial charge in [-0.2, -0.15) is 0 Å². The molecular formula is C12H13ClO2S2. The Morgan fingerprint density at radius 1 is 1.29 bits per heavy atom. The van der Waals surface area contributed by atoms with Gasteiger partial charge in [-0.25, -0.2) is 8.42 Å². The second kappa shape index (κ2) is 4.26. The van der Waals surface area contributed by atoms with Gasteiger partial charge in [0.05, 0.1) is 0 Å². The van der Waals surface area contributed by atoms with E-state index in [0.29, 0.717) is 5.92 Å². The van der Waals surface area contributed by atoms with Gasteiger partial charge >= 0.3 is 0 Å². The number of benzene rings is 1. The van der Waals surface area contributed by atoms with Gasteiger partial charge in [0.1, 0.15) is 4.21 Å². The Morgan fingerprint density at radius 2 is 1.94 bits per heavy atom. The van der Waals surface area contributed by atoms with Crippen molar-refractivity contribution in [3.8, 4) is 0 Å². The number of aryl methyl sites for hydroxylation is 1. The zero-order valence-electron chi connectivity index (χ0n) is 9.82. The van der Waals surface area contributed by atoms with Gasteiger partial charge in [-0.15, -0.1) is 11.3 Å². The first-order chi connectivity index (χ1) is 7.82. The fourth-order valence-corrected chi connectivity index (χ4v) is 4.77. The van der Waals surface area contributed by atoms with E-state index in [9.17, 15) is 8.42 Å². The summed E-state index contributed by atoms with van der Waals surface area (Å²) in [7, 11) is 1.80. The Balaban J connectivity index is 2.89. The number of rotatable bonds is 2. The monoisotopic (exact) mass is 288 g/mol. The normalized spacial score (nSPS) is 12.5. The minimum absolute atomic E-state index is 0.266. The minimum atomic E-state index is -3.65. The van der Waals surface area contributed by atoms with Crippen LogP contribution in [-0.2, 0) is 9.05 Å². The van der Waals surface area contributed by atoms with Crippen LogP contribution in [0.25, 0.3) is 10.1 Å². The van der Waals surface area contributed by atoms with Crippen LogP contribution in [0.4, 0.5) is 0 Å². The summed E-state index contributed by atoms with van der Waals surface area (Å²) in [5.41, 5.74) is 1.94. The molecule has 92 valence electrons. The molecule has 17 heavy (non-hydrogen) atoms. The average Bonchev–Trinajstić information content (AvgIpc) is 2.55. The molecule has 2 nitrogen and oxygen atoms in total. The third kappa shape index (κ3) is 2.21. The molecule has 0 saturated heterocycles. The standard InChI is InChI=1S/C12H13ClO2S2/c1-7(2)9-5-4-6-10-11(9)8(3)12(16-10)17(13,14)15/h4-7H,1-3H3. The summed E-state index contributed by atoms with van der Waals surface area (Å²) in [6, 6.07) is 5.93. The van der Waals surface area contributed by atoms with Crippen LogP contribution in [0.3, 0.4) is 0 Å². The van der Waals surface area contributed by atoms with Crippen LogP contribution in [0.1, 0.15) is 30.9 Å². The quantitative estimate of drug-likeness (QED) is 0.774. The van der Waals surface area contributed by atoms with Crippen LogP contribution in [0, 0.1) is 6.92 Å². The zero-order valence-corrected chi connectivity index (χ0v) is 12.2. The van der Waals surface area contributed by atoms with Crippen molar-refractivity contribution < 1.29 is 8.42 Å². The van der Waals surface area contributed by atoms with Gasteiger partial charge in [-0.3, -0.25) is 0 Å². The second-order valence-corrected chi connectivity index (χ2v) is 8.14. The van der Waals surface area contributed by atoms with Crippen LogP contribution < -0.4 is 0 Å². The highest BCUT2D eigenvalue weighted by molar-refractivity contribution is 8.15. The number of halogens is 1. The Hall–Kier alpha value is -0.580. The van der Waals surface area contributed by atoms with Gasteiger partial charge in [0, 0.05) is 20.8 Å². The third-order valence-electron chi connectivity index (χ3n) is 2.79. The highest BCUT2D eigenvalue weighted by Crippen LogP contribution is 2.39. The lowest BCUT2D eigenvalue weighted by atomic mass is 9.98. The molecule has 2 rings (SSSR count). The van der Waals surface area contributed by atoms with Gasteiger partial charge in [0.2, 0.25) is 0 Å². The number of hydrogen-bond acceptors (Lipinski definition) is 3. The van der Waals surface area contributed by atoms with Crippen LogP contribution in [0.5, 0.6) is 0 Å². The van der Waals surface area contributed by atoms with Gasteiger partial charge in [0.15, 0.2) is 0 Å².